The van der Waals surface area contributed by atoms with Crippen LogP contribution in [0.3, 0.4) is 0 Å². The van der Waals surface area contributed by atoms with Crippen LogP contribution in [0.4, 0.5) is 0 Å². The predicted octanol–water partition coefficient (Wildman–Crippen LogP) is 12.0. The van der Waals surface area contributed by atoms with E-state index >= 15 is 0 Å². The standard InChI is InChI=1S/C41H28S/c1-41(2)37-23-26-11-4-3-10-25(26)21-35(37)36-22-29-20-28(19-18-27(29)24-38(36)41)30-12-5-6-13-31(30)33-15-9-16-34-32-14-7-8-17-39(32)42-40(33)34/h3-24H,1-2H3. The summed E-state index contributed by atoms with van der Waals surface area (Å²) in [6.07, 6.45) is 0. The molecule has 7 aromatic carbocycles. The van der Waals surface area contributed by atoms with Gasteiger partial charge in [0.1, 0.15) is 0 Å². The molecule has 0 nitrogen and oxygen atoms in total. The molecule has 0 N–H and O–H groups in total. The van der Waals surface area contributed by atoms with E-state index < -0.39 is 0 Å². The summed E-state index contributed by atoms with van der Waals surface area (Å²) in [5, 5.41) is 7.88. The molecule has 0 fully saturated rings. The van der Waals surface area contributed by atoms with Gasteiger partial charge in [0.2, 0.25) is 0 Å². The highest BCUT2D eigenvalue weighted by Crippen LogP contribution is 2.51. The molecule has 0 saturated heterocycles. The second kappa shape index (κ2) is 8.64. The highest BCUT2D eigenvalue weighted by Gasteiger charge is 2.36. The van der Waals surface area contributed by atoms with Crippen molar-refractivity contribution in [2.24, 2.45) is 0 Å². The molecule has 1 aliphatic rings. The SMILES string of the molecule is CC1(C)c2cc3ccccc3cc2-c2cc3cc(-c4ccccc4-c4cccc5c4sc4ccccc45)ccc3cc21. The van der Waals surface area contributed by atoms with Crippen LogP contribution < -0.4 is 0 Å². The van der Waals surface area contributed by atoms with Crippen LogP contribution in [-0.2, 0) is 5.41 Å². The summed E-state index contributed by atoms with van der Waals surface area (Å²) in [5.74, 6) is 0. The number of hydrogen-bond acceptors (Lipinski definition) is 1. The topological polar surface area (TPSA) is 0 Å². The Morgan fingerprint density at radius 3 is 1.83 bits per heavy atom. The second-order valence-electron chi connectivity index (χ2n) is 12.2. The quantitative estimate of drug-likeness (QED) is 0.200. The Bertz CT molecular complexity index is 2380. The van der Waals surface area contributed by atoms with Crippen molar-refractivity contribution in [2.75, 3.05) is 0 Å². The van der Waals surface area contributed by atoms with Crippen LogP contribution in [0.1, 0.15) is 25.0 Å². The first-order valence-corrected chi connectivity index (χ1v) is 15.5. The monoisotopic (exact) mass is 552 g/mol. The van der Waals surface area contributed by atoms with Gasteiger partial charge in [-0.1, -0.05) is 111 Å². The van der Waals surface area contributed by atoms with E-state index in [0.29, 0.717) is 0 Å². The maximum Gasteiger partial charge on any atom is 0.0434 e. The molecule has 1 aromatic heterocycles. The zero-order valence-corrected chi connectivity index (χ0v) is 24.4. The fraction of sp³-hybridized carbons (Fsp3) is 0.0732. The molecule has 8 aromatic rings. The van der Waals surface area contributed by atoms with Gasteiger partial charge in [-0.3, -0.25) is 0 Å². The van der Waals surface area contributed by atoms with Crippen LogP contribution in [0.15, 0.2) is 133 Å². The van der Waals surface area contributed by atoms with Gasteiger partial charge in [0, 0.05) is 31.2 Å². The van der Waals surface area contributed by atoms with Gasteiger partial charge in [-0.05, 0) is 96.9 Å². The molecule has 42 heavy (non-hydrogen) atoms. The fourth-order valence-electron chi connectivity index (χ4n) is 7.26. The minimum atomic E-state index is -0.0307. The van der Waals surface area contributed by atoms with Crippen LogP contribution in [0, 0.1) is 0 Å². The summed E-state index contributed by atoms with van der Waals surface area (Å²) in [4.78, 5) is 0. The van der Waals surface area contributed by atoms with Gasteiger partial charge in [-0.15, -0.1) is 11.3 Å². The lowest BCUT2D eigenvalue weighted by Crippen LogP contribution is -2.14. The van der Waals surface area contributed by atoms with E-state index in [9.17, 15) is 0 Å². The van der Waals surface area contributed by atoms with Gasteiger partial charge in [0.25, 0.3) is 0 Å². The Balaban J connectivity index is 1.24. The van der Waals surface area contributed by atoms with Crippen molar-refractivity contribution in [3.63, 3.8) is 0 Å². The molecule has 0 amide bonds. The Morgan fingerprint density at radius 2 is 1.02 bits per heavy atom. The summed E-state index contributed by atoms with van der Waals surface area (Å²) in [7, 11) is 0. The van der Waals surface area contributed by atoms with Crippen molar-refractivity contribution in [1.29, 1.82) is 0 Å². The molecule has 0 radical (unpaired) electrons. The maximum atomic E-state index is 2.44. The highest BCUT2D eigenvalue weighted by atomic mass is 32.1. The summed E-state index contributed by atoms with van der Waals surface area (Å²) in [6.45, 7) is 4.75. The molecule has 9 rings (SSSR count). The van der Waals surface area contributed by atoms with Crippen molar-refractivity contribution < 1.29 is 0 Å². The van der Waals surface area contributed by atoms with Crippen LogP contribution in [0.25, 0.3) is 75.1 Å². The summed E-state index contributed by atoms with van der Waals surface area (Å²) >= 11 is 1.90. The van der Waals surface area contributed by atoms with Gasteiger partial charge in [-0.25, -0.2) is 0 Å². The fourth-order valence-corrected chi connectivity index (χ4v) is 8.49. The summed E-state index contributed by atoms with van der Waals surface area (Å²) < 4.78 is 2.70. The first-order valence-electron chi connectivity index (χ1n) is 14.7. The number of benzene rings is 7. The predicted molar refractivity (Wildman–Crippen MR) is 183 cm³/mol. The molecular formula is C41H28S. The lowest BCUT2D eigenvalue weighted by Gasteiger charge is -2.22. The van der Waals surface area contributed by atoms with Crippen molar-refractivity contribution in [3.05, 3.63) is 145 Å². The van der Waals surface area contributed by atoms with Crippen molar-refractivity contribution >= 4 is 53.1 Å². The van der Waals surface area contributed by atoms with Crippen molar-refractivity contribution in [3.8, 4) is 33.4 Å². The summed E-state index contributed by atoms with van der Waals surface area (Å²) in [6, 6.07) is 49.8. The van der Waals surface area contributed by atoms with Gasteiger partial charge in [0.15, 0.2) is 0 Å². The van der Waals surface area contributed by atoms with Gasteiger partial charge >= 0.3 is 0 Å². The normalized spacial score (nSPS) is 13.7. The lowest BCUT2D eigenvalue weighted by atomic mass is 9.81. The Kier molecular flexibility index (Phi) is 4.93. The van der Waals surface area contributed by atoms with Crippen LogP contribution in [0.2, 0.25) is 0 Å². The molecule has 0 unspecified atom stereocenters. The maximum absolute atomic E-state index is 2.44. The highest BCUT2D eigenvalue weighted by molar-refractivity contribution is 7.26. The first kappa shape index (κ1) is 23.9. The average molecular weight is 553 g/mol. The zero-order valence-electron chi connectivity index (χ0n) is 23.6. The van der Waals surface area contributed by atoms with E-state index in [1.165, 1.54) is 86.2 Å². The molecule has 0 atom stereocenters. The molecular weight excluding hydrogens is 525 g/mol. The Labute approximate surface area is 249 Å². The third-order valence-electron chi connectivity index (χ3n) is 9.43. The third kappa shape index (κ3) is 3.35. The molecule has 1 aliphatic carbocycles. The number of fused-ring (bicyclic) bond motifs is 8. The number of rotatable bonds is 2. The lowest BCUT2D eigenvalue weighted by molar-refractivity contribution is 0.662. The molecule has 0 saturated carbocycles. The molecule has 0 bridgehead atoms. The van der Waals surface area contributed by atoms with E-state index in [1.807, 2.05) is 11.3 Å². The second-order valence-corrected chi connectivity index (χ2v) is 13.2. The van der Waals surface area contributed by atoms with Crippen molar-refractivity contribution in [1.82, 2.24) is 0 Å². The van der Waals surface area contributed by atoms with Crippen LogP contribution >= 0.6 is 11.3 Å². The van der Waals surface area contributed by atoms with E-state index in [-0.39, 0.29) is 5.41 Å². The van der Waals surface area contributed by atoms with E-state index in [1.54, 1.807) is 0 Å². The molecule has 198 valence electrons. The van der Waals surface area contributed by atoms with E-state index in [2.05, 4.69) is 147 Å². The zero-order chi connectivity index (χ0) is 28.0. The largest absolute Gasteiger partial charge is 0.135 e. The van der Waals surface area contributed by atoms with Gasteiger partial charge in [0.05, 0.1) is 0 Å². The van der Waals surface area contributed by atoms with Crippen LogP contribution in [0.5, 0.6) is 0 Å². The van der Waals surface area contributed by atoms with Crippen molar-refractivity contribution in [2.45, 2.75) is 19.3 Å². The minimum absolute atomic E-state index is 0.0307. The van der Waals surface area contributed by atoms with E-state index in [0.717, 1.165) is 0 Å². The van der Waals surface area contributed by atoms with Crippen LogP contribution in [-0.4, -0.2) is 0 Å². The van der Waals surface area contributed by atoms with E-state index in [4.69, 9.17) is 0 Å². The first-order chi connectivity index (χ1) is 20.6. The number of hydrogen-bond donors (Lipinski definition) is 0. The minimum Gasteiger partial charge on any atom is -0.135 e. The molecule has 1 heteroatoms. The smallest absolute Gasteiger partial charge is 0.0434 e. The Morgan fingerprint density at radius 1 is 0.429 bits per heavy atom. The molecule has 1 heterocycles. The molecule has 0 aliphatic heterocycles. The average Bonchev–Trinajstić information content (AvgIpc) is 3.51. The summed E-state index contributed by atoms with van der Waals surface area (Å²) in [5.41, 5.74) is 10.7. The molecule has 0 spiro atoms. The van der Waals surface area contributed by atoms with Gasteiger partial charge in [-0.2, -0.15) is 0 Å². The van der Waals surface area contributed by atoms with Gasteiger partial charge < -0.3 is 0 Å². The third-order valence-corrected chi connectivity index (χ3v) is 10.7. The number of thiophene rings is 1. The Hall–Kier alpha value is -4.72.